The third-order valence-corrected chi connectivity index (χ3v) is 3.68. The molecule has 0 amide bonds. The smallest absolute Gasteiger partial charge is 0.0145 e. The first-order valence-corrected chi connectivity index (χ1v) is 7.31. The summed E-state index contributed by atoms with van der Waals surface area (Å²) in [6.45, 7) is 4.56. The predicted molar refractivity (Wildman–Crippen MR) is 87.9 cm³/mol. The Morgan fingerprint density at radius 3 is 2.00 bits per heavy atom. The maximum absolute atomic E-state index is 2.36. The fourth-order valence-electron chi connectivity index (χ4n) is 2.78. The first-order valence-electron chi connectivity index (χ1n) is 7.31. The van der Waals surface area contributed by atoms with Crippen LogP contribution in [0.25, 0.3) is 21.9 Å². The van der Waals surface area contributed by atoms with Crippen LogP contribution < -0.4 is 0 Å². The summed E-state index contributed by atoms with van der Waals surface area (Å²) in [5.74, 6) is 0.665. The number of hydrogen-bond acceptors (Lipinski definition) is 0. The molecule has 0 nitrogen and oxygen atoms in total. The Labute approximate surface area is 121 Å². The summed E-state index contributed by atoms with van der Waals surface area (Å²) in [4.78, 5) is 0. The lowest BCUT2D eigenvalue weighted by Crippen LogP contribution is -1.97. The zero-order valence-electron chi connectivity index (χ0n) is 12.1. The maximum Gasteiger partial charge on any atom is -0.0145 e. The number of hydrogen-bond donors (Lipinski definition) is 0. The van der Waals surface area contributed by atoms with Crippen molar-refractivity contribution in [1.82, 2.24) is 0 Å². The zero-order valence-corrected chi connectivity index (χ0v) is 12.1. The Balaban J connectivity index is 2.21. The molecule has 0 radical (unpaired) electrons. The fourth-order valence-corrected chi connectivity index (χ4v) is 2.78. The molecule has 0 atom stereocenters. The van der Waals surface area contributed by atoms with Crippen molar-refractivity contribution in [3.8, 4) is 11.1 Å². The van der Waals surface area contributed by atoms with Gasteiger partial charge in [-0.25, -0.2) is 0 Å². The zero-order chi connectivity index (χ0) is 13.9. The molecule has 0 heteroatoms. The molecule has 0 heterocycles. The molecule has 0 aliphatic carbocycles. The lowest BCUT2D eigenvalue weighted by atomic mass is 9.91. The third kappa shape index (κ3) is 2.60. The average molecular weight is 260 g/mol. The van der Waals surface area contributed by atoms with E-state index in [2.05, 4.69) is 80.6 Å². The largest absolute Gasteiger partial charge is 0.0625 e. The van der Waals surface area contributed by atoms with Crippen molar-refractivity contribution in [3.05, 3.63) is 72.3 Å². The Morgan fingerprint density at radius 2 is 1.35 bits per heavy atom. The molecule has 100 valence electrons. The van der Waals surface area contributed by atoms with Gasteiger partial charge in [-0.1, -0.05) is 74.5 Å². The minimum atomic E-state index is 0.665. The molecule has 0 aromatic heterocycles. The molecule has 20 heavy (non-hydrogen) atoms. The fraction of sp³-hybridized carbons (Fsp3) is 0.200. The topological polar surface area (TPSA) is 0 Å². The number of rotatable bonds is 3. The molecular formula is C20H20. The first-order chi connectivity index (χ1) is 9.74. The van der Waals surface area contributed by atoms with Gasteiger partial charge in [-0.3, -0.25) is 0 Å². The molecule has 0 spiro atoms. The summed E-state index contributed by atoms with van der Waals surface area (Å²) in [5, 5.41) is 2.65. The normalized spacial score (nSPS) is 11.2. The van der Waals surface area contributed by atoms with Crippen LogP contribution in [0, 0.1) is 5.92 Å². The summed E-state index contributed by atoms with van der Waals surface area (Å²) >= 11 is 0. The van der Waals surface area contributed by atoms with E-state index in [9.17, 15) is 0 Å². The van der Waals surface area contributed by atoms with Gasteiger partial charge in [-0.15, -0.1) is 0 Å². The summed E-state index contributed by atoms with van der Waals surface area (Å²) in [6.07, 6.45) is 1.12. The molecule has 0 saturated carbocycles. The van der Waals surface area contributed by atoms with Crippen LogP contribution in [0.5, 0.6) is 0 Å². The highest BCUT2D eigenvalue weighted by molar-refractivity contribution is 5.89. The number of benzene rings is 3. The standard InChI is InChI=1S/C20H20/c1-15(2)12-19-13-17-10-6-7-11-18(17)14-20(19)16-8-4-3-5-9-16/h3-11,13-15H,12H2,1-2H3. The molecule has 3 aromatic rings. The van der Waals surface area contributed by atoms with Crippen LogP contribution in [0.3, 0.4) is 0 Å². The van der Waals surface area contributed by atoms with Gasteiger partial charge in [-0.05, 0) is 45.9 Å². The second-order valence-corrected chi connectivity index (χ2v) is 5.82. The Morgan fingerprint density at radius 1 is 0.750 bits per heavy atom. The maximum atomic E-state index is 2.36. The second-order valence-electron chi connectivity index (χ2n) is 5.82. The molecular weight excluding hydrogens is 240 g/mol. The lowest BCUT2D eigenvalue weighted by Gasteiger charge is -2.14. The van der Waals surface area contributed by atoms with Crippen LogP contribution in [-0.2, 0) is 6.42 Å². The van der Waals surface area contributed by atoms with Crippen molar-refractivity contribution in [2.24, 2.45) is 5.92 Å². The van der Waals surface area contributed by atoms with Gasteiger partial charge in [0.05, 0.1) is 0 Å². The van der Waals surface area contributed by atoms with Gasteiger partial charge >= 0.3 is 0 Å². The monoisotopic (exact) mass is 260 g/mol. The third-order valence-electron chi connectivity index (χ3n) is 3.68. The van der Waals surface area contributed by atoms with Crippen LogP contribution >= 0.6 is 0 Å². The number of fused-ring (bicyclic) bond motifs is 1. The summed E-state index contributed by atoms with van der Waals surface area (Å²) in [7, 11) is 0. The van der Waals surface area contributed by atoms with E-state index in [4.69, 9.17) is 0 Å². The van der Waals surface area contributed by atoms with Crippen molar-refractivity contribution in [3.63, 3.8) is 0 Å². The van der Waals surface area contributed by atoms with Crippen molar-refractivity contribution in [1.29, 1.82) is 0 Å². The Bertz CT molecular complexity index is 708. The van der Waals surface area contributed by atoms with Gasteiger partial charge in [0.15, 0.2) is 0 Å². The van der Waals surface area contributed by atoms with E-state index in [-0.39, 0.29) is 0 Å². The van der Waals surface area contributed by atoms with Crippen molar-refractivity contribution < 1.29 is 0 Å². The molecule has 0 aliphatic heterocycles. The summed E-state index contributed by atoms with van der Waals surface area (Å²) in [5.41, 5.74) is 4.14. The summed E-state index contributed by atoms with van der Waals surface area (Å²) < 4.78 is 0. The minimum absolute atomic E-state index is 0.665. The van der Waals surface area contributed by atoms with Crippen LogP contribution in [0.2, 0.25) is 0 Å². The van der Waals surface area contributed by atoms with Gasteiger partial charge in [0.1, 0.15) is 0 Å². The quantitative estimate of drug-likeness (QED) is 0.566. The van der Waals surface area contributed by atoms with Crippen LogP contribution in [0.4, 0.5) is 0 Å². The predicted octanol–water partition coefficient (Wildman–Crippen LogP) is 5.71. The molecule has 0 aliphatic rings. The van der Waals surface area contributed by atoms with Gasteiger partial charge in [-0.2, -0.15) is 0 Å². The first kappa shape index (κ1) is 12.9. The van der Waals surface area contributed by atoms with Crippen LogP contribution in [-0.4, -0.2) is 0 Å². The average Bonchev–Trinajstić information content (AvgIpc) is 2.47. The molecule has 0 N–H and O–H groups in total. The Kier molecular flexibility index (Phi) is 3.56. The van der Waals surface area contributed by atoms with E-state index in [0.29, 0.717) is 5.92 Å². The van der Waals surface area contributed by atoms with E-state index < -0.39 is 0 Å². The second kappa shape index (κ2) is 5.50. The highest BCUT2D eigenvalue weighted by Gasteiger charge is 2.08. The van der Waals surface area contributed by atoms with Gasteiger partial charge in [0.25, 0.3) is 0 Å². The highest BCUT2D eigenvalue weighted by Crippen LogP contribution is 2.30. The molecule has 3 rings (SSSR count). The molecule has 0 fully saturated rings. The van der Waals surface area contributed by atoms with Crippen LogP contribution in [0.15, 0.2) is 66.7 Å². The van der Waals surface area contributed by atoms with Gasteiger partial charge < -0.3 is 0 Å². The van der Waals surface area contributed by atoms with Gasteiger partial charge in [0, 0.05) is 0 Å². The highest BCUT2D eigenvalue weighted by atomic mass is 14.1. The van der Waals surface area contributed by atoms with E-state index in [1.807, 2.05) is 0 Å². The van der Waals surface area contributed by atoms with E-state index in [1.165, 1.54) is 27.5 Å². The lowest BCUT2D eigenvalue weighted by molar-refractivity contribution is 0.648. The SMILES string of the molecule is CC(C)Cc1cc2ccccc2cc1-c1ccccc1. The van der Waals surface area contributed by atoms with Gasteiger partial charge in [0.2, 0.25) is 0 Å². The molecule has 0 saturated heterocycles. The van der Waals surface area contributed by atoms with E-state index >= 15 is 0 Å². The Hall–Kier alpha value is -2.08. The summed E-state index contributed by atoms with van der Waals surface area (Å²) in [6, 6.07) is 24.0. The van der Waals surface area contributed by atoms with Crippen molar-refractivity contribution in [2.75, 3.05) is 0 Å². The van der Waals surface area contributed by atoms with Crippen molar-refractivity contribution in [2.45, 2.75) is 20.3 Å². The van der Waals surface area contributed by atoms with E-state index in [0.717, 1.165) is 6.42 Å². The van der Waals surface area contributed by atoms with E-state index in [1.54, 1.807) is 0 Å². The minimum Gasteiger partial charge on any atom is -0.0625 e. The van der Waals surface area contributed by atoms with Crippen LogP contribution in [0.1, 0.15) is 19.4 Å². The van der Waals surface area contributed by atoms with Crippen molar-refractivity contribution >= 4 is 10.8 Å². The molecule has 0 bridgehead atoms. The molecule has 3 aromatic carbocycles. The molecule has 0 unspecified atom stereocenters.